The molecule has 0 aromatic carbocycles. The number of hydrogen-bond acceptors (Lipinski definition) is 8. The Morgan fingerprint density at radius 2 is 1.88 bits per heavy atom. The highest BCUT2D eigenvalue weighted by atomic mass is 19.4. The van der Waals surface area contributed by atoms with Gasteiger partial charge >= 0.3 is 12.4 Å². The molecule has 1 saturated heterocycles. The minimum absolute atomic E-state index is 0.0145. The van der Waals surface area contributed by atoms with Crippen LogP contribution in [0.5, 0.6) is 5.88 Å². The topological polar surface area (TPSA) is 101 Å². The first kappa shape index (κ1) is 30.4. The zero-order chi connectivity index (χ0) is 29.8. The molecule has 0 N–H and O–H groups in total. The van der Waals surface area contributed by atoms with E-state index >= 15 is 0 Å². The van der Waals surface area contributed by atoms with E-state index in [-0.39, 0.29) is 67.5 Å². The second-order valence-electron chi connectivity index (χ2n) is 9.39. The second-order valence-corrected chi connectivity index (χ2v) is 9.39. The van der Waals surface area contributed by atoms with Crippen LogP contribution >= 0.6 is 0 Å². The first-order valence-electron chi connectivity index (χ1n) is 12.7. The molecule has 3 aromatic rings. The molecule has 41 heavy (non-hydrogen) atoms. The van der Waals surface area contributed by atoms with E-state index < -0.39 is 29.8 Å². The van der Waals surface area contributed by atoms with Crippen LogP contribution in [0.1, 0.15) is 41.6 Å². The summed E-state index contributed by atoms with van der Waals surface area (Å²) in [6.07, 6.45) is -8.93. The maximum absolute atomic E-state index is 13.8. The van der Waals surface area contributed by atoms with Gasteiger partial charge in [0.15, 0.2) is 5.69 Å². The highest BCUT2D eigenvalue weighted by Gasteiger charge is 2.39. The summed E-state index contributed by atoms with van der Waals surface area (Å²) in [7, 11) is 0. The van der Waals surface area contributed by atoms with E-state index in [2.05, 4.69) is 20.3 Å². The fraction of sp³-hybridized carbons (Fsp3) is 0.500. The normalized spacial score (nSPS) is 16.1. The molecule has 222 valence electrons. The zero-order valence-corrected chi connectivity index (χ0v) is 22.2. The highest BCUT2D eigenvalue weighted by molar-refractivity contribution is 5.81. The number of rotatable bonds is 10. The number of halogens is 6. The van der Waals surface area contributed by atoms with Gasteiger partial charge in [0.2, 0.25) is 5.88 Å². The van der Waals surface area contributed by atoms with Crippen molar-refractivity contribution in [3.8, 4) is 17.1 Å². The van der Waals surface area contributed by atoms with Gasteiger partial charge < -0.3 is 14.2 Å². The fourth-order valence-corrected chi connectivity index (χ4v) is 4.29. The Kier molecular flexibility index (Phi) is 9.27. The van der Waals surface area contributed by atoms with Gasteiger partial charge in [-0.05, 0) is 43.5 Å². The Hall–Kier alpha value is -3.59. The molecule has 1 unspecified atom stereocenters. The average Bonchev–Trinajstić information content (AvgIpc) is 3.32. The molecule has 9 nitrogen and oxygen atoms in total. The molecule has 1 fully saturated rings. The number of carbonyl (C=O) groups is 1. The third-order valence-electron chi connectivity index (χ3n) is 6.10. The Labute approximate surface area is 230 Å². The number of ether oxygens (including phenoxy) is 3. The van der Waals surface area contributed by atoms with Gasteiger partial charge in [-0.3, -0.25) is 9.48 Å². The molecule has 1 aliphatic heterocycles. The third kappa shape index (κ3) is 8.00. The number of aromatic nitrogens is 5. The van der Waals surface area contributed by atoms with E-state index in [1.807, 2.05) is 0 Å². The Morgan fingerprint density at radius 1 is 1.10 bits per heavy atom. The van der Waals surface area contributed by atoms with Crippen molar-refractivity contribution in [2.45, 2.75) is 58.1 Å². The van der Waals surface area contributed by atoms with Crippen LogP contribution in [0.4, 0.5) is 26.3 Å². The van der Waals surface area contributed by atoms with Crippen LogP contribution in [0, 0.1) is 6.92 Å². The Balaban J connectivity index is 1.46. The van der Waals surface area contributed by atoms with E-state index in [1.54, 1.807) is 13.8 Å². The zero-order valence-electron chi connectivity index (χ0n) is 22.2. The van der Waals surface area contributed by atoms with Crippen molar-refractivity contribution in [2.75, 3.05) is 26.4 Å². The van der Waals surface area contributed by atoms with Crippen molar-refractivity contribution < 1.29 is 45.3 Å². The molecular formula is C26H27F6N5O4. The summed E-state index contributed by atoms with van der Waals surface area (Å²) >= 11 is 0. The summed E-state index contributed by atoms with van der Waals surface area (Å²) in [5, 5.41) is 11.7. The molecule has 1 atom stereocenters. The van der Waals surface area contributed by atoms with Gasteiger partial charge in [0, 0.05) is 25.1 Å². The predicted molar refractivity (Wildman–Crippen MR) is 131 cm³/mol. The minimum Gasteiger partial charge on any atom is -0.478 e. The Morgan fingerprint density at radius 3 is 2.51 bits per heavy atom. The summed E-state index contributed by atoms with van der Waals surface area (Å²) in [5.74, 6) is -0.604. The van der Waals surface area contributed by atoms with Gasteiger partial charge in [0.25, 0.3) is 0 Å². The van der Waals surface area contributed by atoms with Gasteiger partial charge in [-0.15, -0.1) is 5.10 Å². The van der Waals surface area contributed by atoms with Crippen LogP contribution in [-0.2, 0) is 46.0 Å². The minimum atomic E-state index is -4.75. The molecule has 15 heteroatoms. The van der Waals surface area contributed by atoms with Crippen molar-refractivity contribution in [3.05, 3.63) is 52.6 Å². The van der Waals surface area contributed by atoms with E-state index in [0.717, 1.165) is 10.7 Å². The van der Waals surface area contributed by atoms with Crippen LogP contribution in [0.2, 0.25) is 0 Å². The number of hydrogen-bond donors (Lipinski definition) is 0. The largest absolute Gasteiger partial charge is 0.478 e. The Bertz CT molecular complexity index is 1370. The number of alkyl halides is 6. The van der Waals surface area contributed by atoms with Gasteiger partial charge in [-0.25, -0.2) is 4.98 Å². The molecule has 0 radical (unpaired) electrons. The van der Waals surface area contributed by atoms with Gasteiger partial charge in [-0.2, -0.15) is 36.5 Å². The third-order valence-corrected chi connectivity index (χ3v) is 6.10. The lowest BCUT2D eigenvalue weighted by molar-refractivity contribution is -0.142. The molecule has 4 heterocycles. The summed E-state index contributed by atoms with van der Waals surface area (Å²) in [6, 6.07) is 3.60. The van der Waals surface area contributed by atoms with Crippen LogP contribution in [0.15, 0.2) is 24.4 Å². The predicted octanol–water partition coefficient (Wildman–Crippen LogP) is 4.64. The molecule has 0 aliphatic carbocycles. The van der Waals surface area contributed by atoms with Crippen molar-refractivity contribution in [2.24, 2.45) is 0 Å². The second kappa shape index (κ2) is 12.5. The van der Waals surface area contributed by atoms with Gasteiger partial charge in [-0.1, -0.05) is 0 Å². The molecular weight excluding hydrogens is 560 g/mol. The van der Waals surface area contributed by atoms with Crippen molar-refractivity contribution in [1.82, 2.24) is 25.0 Å². The summed E-state index contributed by atoms with van der Waals surface area (Å²) < 4.78 is 98.0. The van der Waals surface area contributed by atoms with Crippen LogP contribution in [0.25, 0.3) is 11.3 Å². The number of ketones is 1. The SMILES string of the molecule is CCOc1cc(CC(=O)CCc2cc(C)c(-c3cn(CC4COCCO4)nc3C(F)(F)F)nn2)cc(C(F)(F)F)n1. The van der Waals surface area contributed by atoms with E-state index in [9.17, 15) is 31.1 Å². The maximum atomic E-state index is 13.8. The summed E-state index contributed by atoms with van der Waals surface area (Å²) in [5.41, 5.74) is -1.71. The van der Waals surface area contributed by atoms with Crippen molar-refractivity contribution in [1.29, 1.82) is 0 Å². The van der Waals surface area contributed by atoms with Gasteiger partial charge in [0.05, 0.1) is 49.9 Å². The quantitative estimate of drug-likeness (QED) is 0.317. The number of aryl methyl sites for hydroxylation is 2. The summed E-state index contributed by atoms with van der Waals surface area (Å²) in [4.78, 5) is 16.0. The van der Waals surface area contributed by atoms with Crippen LogP contribution < -0.4 is 4.74 Å². The first-order valence-corrected chi connectivity index (χ1v) is 12.7. The summed E-state index contributed by atoms with van der Waals surface area (Å²) in [6.45, 7) is 4.31. The molecule has 0 bridgehead atoms. The van der Waals surface area contributed by atoms with Crippen molar-refractivity contribution in [3.63, 3.8) is 0 Å². The number of pyridine rings is 1. The molecule has 4 rings (SSSR count). The highest BCUT2D eigenvalue weighted by Crippen LogP contribution is 2.36. The number of nitrogens with zero attached hydrogens (tertiary/aromatic N) is 5. The molecule has 1 aliphatic rings. The van der Waals surface area contributed by atoms with Crippen molar-refractivity contribution >= 4 is 5.78 Å². The number of Topliss-reactive ketones (excluding diaryl/α,β-unsaturated/α-hetero) is 1. The van der Waals surface area contributed by atoms with Crippen LogP contribution in [-0.4, -0.2) is 63.3 Å². The van der Waals surface area contributed by atoms with Gasteiger partial charge in [0.1, 0.15) is 17.6 Å². The van der Waals surface area contributed by atoms with E-state index in [1.165, 1.54) is 18.3 Å². The fourth-order valence-electron chi connectivity index (χ4n) is 4.29. The van der Waals surface area contributed by atoms with E-state index in [4.69, 9.17) is 14.2 Å². The molecule has 3 aromatic heterocycles. The monoisotopic (exact) mass is 587 g/mol. The standard InChI is InChI=1S/C26H27F6N5O4/c1-3-40-22-11-16(10-21(33-22)25(27,28)29)9-18(38)5-4-17-8-15(2)23(35-34-17)20-13-37(36-24(20)26(30,31)32)12-19-14-39-6-7-41-19/h8,10-11,13,19H,3-7,9,12,14H2,1-2H3. The lowest BCUT2D eigenvalue weighted by Crippen LogP contribution is -2.32. The first-order chi connectivity index (χ1) is 19.3. The average molecular weight is 588 g/mol. The van der Waals surface area contributed by atoms with E-state index in [0.29, 0.717) is 24.5 Å². The molecule has 0 saturated carbocycles. The smallest absolute Gasteiger partial charge is 0.435 e. The van der Waals surface area contributed by atoms with Crippen LogP contribution in [0.3, 0.4) is 0 Å². The maximum Gasteiger partial charge on any atom is 0.435 e. The lowest BCUT2D eigenvalue weighted by atomic mass is 10.0. The molecule has 0 spiro atoms. The molecule has 0 amide bonds. The number of carbonyl (C=O) groups excluding carboxylic acids is 1. The lowest BCUT2D eigenvalue weighted by Gasteiger charge is -2.22.